The molecule has 0 aliphatic carbocycles. The number of carbonyl (C=O) groups is 2. The maximum absolute atomic E-state index is 13.6. The Labute approximate surface area is 172 Å². The van der Waals surface area contributed by atoms with E-state index in [2.05, 4.69) is 4.98 Å². The number of carbonyl (C=O) groups excluding carboxylic acids is 2. The fourth-order valence-electron chi connectivity index (χ4n) is 4.14. The number of amides is 2. The SMILES string of the molecule is Cc1cccc(C)c1N1C(=O)c2c(-c3ccc(F)cc3)nc3ccccc3c2C1=O. The molecule has 0 saturated carbocycles. The Morgan fingerprint density at radius 3 is 2.10 bits per heavy atom. The molecule has 2 amide bonds. The second-order valence-electron chi connectivity index (χ2n) is 7.42. The zero-order valence-electron chi connectivity index (χ0n) is 16.4. The fourth-order valence-corrected chi connectivity index (χ4v) is 4.14. The van der Waals surface area contributed by atoms with Crippen LogP contribution in [0.5, 0.6) is 0 Å². The second kappa shape index (κ2) is 6.59. The van der Waals surface area contributed by atoms with Gasteiger partial charge in [-0.1, -0.05) is 36.4 Å². The third-order valence-electron chi connectivity index (χ3n) is 5.51. The van der Waals surface area contributed by atoms with Gasteiger partial charge in [-0.25, -0.2) is 14.3 Å². The summed E-state index contributed by atoms with van der Waals surface area (Å²) < 4.78 is 13.5. The summed E-state index contributed by atoms with van der Waals surface area (Å²) in [4.78, 5) is 33.1. The van der Waals surface area contributed by atoms with Gasteiger partial charge in [-0.3, -0.25) is 9.59 Å². The number of imide groups is 1. The number of pyridine rings is 1. The standard InChI is InChI=1S/C25H17FN2O2/c1-14-6-5-7-15(2)23(14)28-24(29)20-18-8-3-4-9-19(18)27-22(21(20)25(28)30)16-10-12-17(26)13-11-16/h3-13H,1-2H3. The van der Waals surface area contributed by atoms with E-state index < -0.39 is 5.91 Å². The number of nitrogens with zero attached hydrogens (tertiary/aromatic N) is 2. The number of halogens is 1. The van der Waals surface area contributed by atoms with Gasteiger partial charge in [0.05, 0.1) is 28.0 Å². The topological polar surface area (TPSA) is 50.3 Å². The third-order valence-corrected chi connectivity index (χ3v) is 5.51. The molecule has 0 N–H and O–H groups in total. The van der Waals surface area contributed by atoms with Crippen LogP contribution in [-0.2, 0) is 0 Å². The molecule has 0 bridgehead atoms. The van der Waals surface area contributed by atoms with E-state index >= 15 is 0 Å². The second-order valence-corrected chi connectivity index (χ2v) is 7.42. The number of hydrogen-bond acceptors (Lipinski definition) is 3. The first-order valence-corrected chi connectivity index (χ1v) is 9.61. The highest BCUT2D eigenvalue weighted by molar-refractivity contribution is 6.39. The van der Waals surface area contributed by atoms with Crippen molar-refractivity contribution in [2.24, 2.45) is 0 Å². The van der Waals surface area contributed by atoms with E-state index in [1.165, 1.54) is 17.0 Å². The molecule has 0 spiro atoms. The van der Waals surface area contributed by atoms with Crippen LogP contribution in [0.2, 0.25) is 0 Å². The van der Waals surface area contributed by atoms with Crippen molar-refractivity contribution in [1.82, 2.24) is 4.98 Å². The van der Waals surface area contributed by atoms with Crippen LogP contribution >= 0.6 is 0 Å². The van der Waals surface area contributed by atoms with Gasteiger partial charge in [-0.05, 0) is 55.3 Å². The Morgan fingerprint density at radius 1 is 0.767 bits per heavy atom. The van der Waals surface area contributed by atoms with Crippen LogP contribution in [0, 0.1) is 19.7 Å². The van der Waals surface area contributed by atoms with Crippen LogP contribution in [0.1, 0.15) is 31.8 Å². The van der Waals surface area contributed by atoms with Crippen LogP contribution in [0.3, 0.4) is 0 Å². The van der Waals surface area contributed by atoms with Crippen molar-refractivity contribution in [2.45, 2.75) is 13.8 Å². The molecular formula is C25H17FN2O2. The summed E-state index contributed by atoms with van der Waals surface area (Å²) in [6.45, 7) is 3.76. The Morgan fingerprint density at radius 2 is 1.40 bits per heavy atom. The lowest BCUT2D eigenvalue weighted by molar-refractivity contribution is 0.0926. The molecular weight excluding hydrogens is 379 g/mol. The number of para-hydroxylation sites is 2. The smallest absolute Gasteiger partial charge is 0.268 e. The van der Waals surface area contributed by atoms with Crippen molar-refractivity contribution < 1.29 is 14.0 Å². The van der Waals surface area contributed by atoms with Crippen LogP contribution < -0.4 is 4.90 Å². The van der Waals surface area contributed by atoms with Gasteiger partial charge in [-0.2, -0.15) is 0 Å². The molecule has 4 aromatic rings. The van der Waals surface area contributed by atoms with E-state index in [0.717, 1.165) is 11.1 Å². The van der Waals surface area contributed by atoms with Gasteiger partial charge in [-0.15, -0.1) is 0 Å². The molecule has 0 atom stereocenters. The Kier molecular flexibility index (Phi) is 4.00. The molecule has 146 valence electrons. The molecule has 0 radical (unpaired) electrons. The van der Waals surface area contributed by atoms with Gasteiger partial charge in [0.15, 0.2) is 0 Å². The maximum Gasteiger partial charge on any atom is 0.268 e. The first-order valence-electron chi connectivity index (χ1n) is 9.61. The third kappa shape index (κ3) is 2.55. The number of anilines is 1. The van der Waals surface area contributed by atoms with Crippen LogP contribution in [-0.4, -0.2) is 16.8 Å². The van der Waals surface area contributed by atoms with Crippen molar-refractivity contribution in [1.29, 1.82) is 0 Å². The van der Waals surface area contributed by atoms with Crippen molar-refractivity contribution in [3.8, 4) is 11.3 Å². The van der Waals surface area contributed by atoms with E-state index in [9.17, 15) is 14.0 Å². The van der Waals surface area contributed by atoms with Crippen molar-refractivity contribution in [3.05, 3.63) is 94.8 Å². The van der Waals surface area contributed by atoms with Gasteiger partial charge in [0.25, 0.3) is 11.8 Å². The predicted octanol–water partition coefficient (Wildman–Crippen LogP) is 5.46. The minimum atomic E-state index is -0.412. The fraction of sp³-hybridized carbons (Fsp3) is 0.0800. The summed E-state index contributed by atoms with van der Waals surface area (Å²) in [5.74, 6) is -1.16. The van der Waals surface area contributed by atoms with Crippen molar-refractivity contribution >= 4 is 28.4 Å². The molecule has 2 heterocycles. The van der Waals surface area contributed by atoms with E-state index in [1.54, 1.807) is 18.2 Å². The molecule has 5 heteroatoms. The molecule has 30 heavy (non-hydrogen) atoms. The number of rotatable bonds is 2. The monoisotopic (exact) mass is 396 g/mol. The van der Waals surface area contributed by atoms with E-state index in [4.69, 9.17) is 0 Å². The molecule has 4 nitrogen and oxygen atoms in total. The van der Waals surface area contributed by atoms with Crippen molar-refractivity contribution in [2.75, 3.05) is 4.90 Å². The van der Waals surface area contributed by atoms with E-state index in [1.807, 2.05) is 50.2 Å². The number of fused-ring (bicyclic) bond motifs is 3. The van der Waals surface area contributed by atoms with Crippen LogP contribution in [0.25, 0.3) is 22.2 Å². The summed E-state index contributed by atoms with van der Waals surface area (Å²) in [6.07, 6.45) is 0. The van der Waals surface area contributed by atoms with Gasteiger partial charge in [0.1, 0.15) is 5.82 Å². The predicted molar refractivity (Wildman–Crippen MR) is 114 cm³/mol. The Bertz CT molecular complexity index is 1340. The Balaban J connectivity index is 1.83. The molecule has 5 rings (SSSR count). The average Bonchev–Trinajstić information content (AvgIpc) is 2.99. The summed E-state index contributed by atoms with van der Waals surface area (Å²) in [6, 6.07) is 18.7. The number of hydrogen-bond donors (Lipinski definition) is 0. The van der Waals surface area contributed by atoms with E-state index in [0.29, 0.717) is 33.4 Å². The lowest BCUT2D eigenvalue weighted by atomic mass is 9.98. The molecule has 3 aromatic carbocycles. The largest absolute Gasteiger partial charge is 0.268 e. The molecule has 1 aromatic heterocycles. The summed E-state index contributed by atoms with van der Waals surface area (Å²) in [5.41, 5.74) is 4.45. The number of aryl methyl sites for hydroxylation is 2. The quantitative estimate of drug-likeness (QED) is 0.423. The first-order chi connectivity index (χ1) is 14.5. The summed E-state index contributed by atoms with van der Waals surface area (Å²) >= 11 is 0. The van der Waals surface area contributed by atoms with Crippen LogP contribution in [0.4, 0.5) is 10.1 Å². The maximum atomic E-state index is 13.6. The van der Waals surface area contributed by atoms with E-state index in [-0.39, 0.29) is 17.3 Å². The van der Waals surface area contributed by atoms with Gasteiger partial charge in [0, 0.05) is 10.9 Å². The minimum Gasteiger partial charge on any atom is -0.268 e. The summed E-state index contributed by atoms with van der Waals surface area (Å²) in [5, 5.41) is 0.630. The van der Waals surface area contributed by atoms with Crippen molar-refractivity contribution in [3.63, 3.8) is 0 Å². The average molecular weight is 396 g/mol. The number of aromatic nitrogens is 1. The van der Waals surface area contributed by atoms with Gasteiger partial charge >= 0.3 is 0 Å². The lowest BCUT2D eigenvalue weighted by Crippen LogP contribution is -2.30. The number of benzene rings is 3. The zero-order valence-corrected chi connectivity index (χ0v) is 16.4. The lowest BCUT2D eigenvalue weighted by Gasteiger charge is -2.19. The molecule has 1 aliphatic rings. The minimum absolute atomic E-state index is 0.257. The zero-order chi connectivity index (χ0) is 21.0. The summed E-state index contributed by atoms with van der Waals surface area (Å²) in [7, 11) is 0. The highest BCUT2D eigenvalue weighted by atomic mass is 19.1. The van der Waals surface area contributed by atoms with Crippen LogP contribution in [0.15, 0.2) is 66.7 Å². The highest BCUT2D eigenvalue weighted by Crippen LogP contribution is 2.39. The highest BCUT2D eigenvalue weighted by Gasteiger charge is 2.42. The Hall–Kier alpha value is -3.86. The van der Waals surface area contributed by atoms with Gasteiger partial charge < -0.3 is 0 Å². The molecule has 1 aliphatic heterocycles. The normalized spacial score (nSPS) is 13.2. The molecule has 0 fully saturated rings. The molecule has 0 unspecified atom stereocenters. The molecule has 0 saturated heterocycles. The van der Waals surface area contributed by atoms with Gasteiger partial charge in [0.2, 0.25) is 0 Å². The first kappa shape index (κ1) is 18.2.